The second kappa shape index (κ2) is 5.99. The summed E-state index contributed by atoms with van der Waals surface area (Å²) in [6.07, 6.45) is 0.859. The smallest absolute Gasteiger partial charge is 0.311 e. The summed E-state index contributed by atoms with van der Waals surface area (Å²) in [5.74, 6) is -0.683. The zero-order valence-corrected chi connectivity index (χ0v) is 12.7. The largest absolute Gasteiger partial charge is 0.464 e. The van der Waals surface area contributed by atoms with Crippen LogP contribution in [0.25, 0.3) is 11.0 Å². The molecule has 0 radical (unpaired) electrons. The number of hydrogen-bond acceptors (Lipinski definition) is 4. The maximum Gasteiger partial charge on any atom is 0.311 e. The number of nitrogens with zero attached hydrogens (tertiary/aromatic N) is 1. The number of benzene rings is 1. The number of furan rings is 1. The van der Waals surface area contributed by atoms with Crippen LogP contribution >= 0.6 is 0 Å². The molecule has 0 aliphatic carbocycles. The van der Waals surface area contributed by atoms with Crippen LogP contribution < -0.4 is 0 Å². The van der Waals surface area contributed by atoms with Gasteiger partial charge in [0.2, 0.25) is 0 Å². The molecule has 5 heteroatoms. The van der Waals surface area contributed by atoms with Crippen LogP contribution in [-0.2, 0) is 20.7 Å². The van der Waals surface area contributed by atoms with E-state index in [0.717, 1.165) is 22.1 Å². The Kier molecular flexibility index (Phi) is 4.31. The number of likely N-dealkylation sites (N-methyl/N-ethyl adjacent to an activating group) is 1. The van der Waals surface area contributed by atoms with Gasteiger partial charge in [-0.25, -0.2) is 0 Å². The van der Waals surface area contributed by atoms with E-state index in [2.05, 4.69) is 0 Å². The first-order valence-electron chi connectivity index (χ1n) is 6.76. The first-order chi connectivity index (χ1) is 9.88. The maximum atomic E-state index is 11.9. The topological polar surface area (TPSA) is 59.8 Å². The van der Waals surface area contributed by atoms with Gasteiger partial charge >= 0.3 is 5.97 Å². The van der Waals surface area contributed by atoms with E-state index >= 15 is 0 Å². The van der Waals surface area contributed by atoms with Gasteiger partial charge in [0.1, 0.15) is 5.58 Å². The molecule has 0 bridgehead atoms. The van der Waals surface area contributed by atoms with Crippen LogP contribution in [0.2, 0.25) is 0 Å². The number of ether oxygens (including phenoxy) is 1. The third kappa shape index (κ3) is 3.42. The lowest BCUT2D eigenvalue weighted by Crippen LogP contribution is -2.35. The summed E-state index contributed by atoms with van der Waals surface area (Å²) in [5.41, 5.74) is 2.60. The molecule has 0 N–H and O–H groups in total. The first kappa shape index (κ1) is 15.1. The summed E-state index contributed by atoms with van der Waals surface area (Å²) >= 11 is 0. The van der Waals surface area contributed by atoms with E-state index in [9.17, 15) is 9.59 Å². The molecular weight excluding hydrogens is 270 g/mol. The van der Waals surface area contributed by atoms with Crippen LogP contribution in [-0.4, -0.2) is 37.0 Å². The molecule has 1 aromatic carbocycles. The minimum absolute atomic E-state index is 0.0844. The van der Waals surface area contributed by atoms with Gasteiger partial charge in [-0.2, -0.15) is 0 Å². The van der Waals surface area contributed by atoms with Gasteiger partial charge in [0.15, 0.2) is 6.10 Å². The molecule has 2 aromatic rings. The van der Waals surface area contributed by atoms with Gasteiger partial charge in [-0.1, -0.05) is 12.1 Å². The van der Waals surface area contributed by atoms with E-state index in [1.54, 1.807) is 27.3 Å². The third-order valence-electron chi connectivity index (χ3n) is 3.24. The molecule has 21 heavy (non-hydrogen) atoms. The minimum Gasteiger partial charge on any atom is -0.464 e. The number of esters is 1. The van der Waals surface area contributed by atoms with Crippen molar-refractivity contribution in [3.8, 4) is 0 Å². The summed E-state index contributed by atoms with van der Waals surface area (Å²) < 4.78 is 10.6. The second-order valence-corrected chi connectivity index (χ2v) is 5.30. The molecule has 0 unspecified atom stereocenters. The van der Waals surface area contributed by atoms with Crippen molar-refractivity contribution in [3.63, 3.8) is 0 Å². The molecule has 0 saturated heterocycles. The molecule has 0 aliphatic heterocycles. The second-order valence-electron chi connectivity index (χ2n) is 5.30. The number of aryl methyl sites for hydroxylation is 1. The Balaban J connectivity index is 2.06. The van der Waals surface area contributed by atoms with E-state index in [0.29, 0.717) is 0 Å². The molecule has 0 spiro atoms. The average Bonchev–Trinajstić information content (AvgIpc) is 2.79. The highest BCUT2D eigenvalue weighted by atomic mass is 16.5. The van der Waals surface area contributed by atoms with Gasteiger partial charge in [-0.15, -0.1) is 0 Å². The molecule has 1 aromatic heterocycles. The fourth-order valence-corrected chi connectivity index (χ4v) is 2.14. The van der Waals surface area contributed by atoms with Gasteiger partial charge in [0, 0.05) is 25.0 Å². The average molecular weight is 289 g/mol. The highest BCUT2D eigenvalue weighted by molar-refractivity contribution is 5.87. The van der Waals surface area contributed by atoms with E-state index in [1.807, 2.05) is 25.1 Å². The first-order valence-corrected chi connectivity index (χ1v) is 6.76. The molecule has 0 saturated carbocycles. The number of fused-ring (bicyclic) bond motifs is 1. The van der Waals surface area contributed by atoms with Gasteiger partial charge < -0.3 is 14.1 Å². The Morgan fingerprint density at radius 1 is 1.33 bits per heavy atom. The van der Waals surface area contributed by atoms with E-state index in [-0.39, 0.29) is 12.3 Å². The van der Waals surface area contributed by atoms with Crippen LogP contribution in [0.5, 0.6) is 0 Å². The van der Waals surface area contributed by atoms with Gasteiger partial charge in [-0.05, 0) is 25.5 Å². The van der Waals surface area contributed by atoms with Crippen LogP contribution in [0, 0.1) is 6.92 Å². The minimum atomic E-state index is -0.784. The van der Waals surface area contributed by atoms with Crippen LogP contribution in [0.4, 0.5) is 0 Å². The molecule has 0 aliphatic rings. The normalized spacial score (nSPS) is 12.2. The lowest BCUT2D eigenvalue weighted by atomic mass is 10.1. The quantitative estimate of drug-likeness (QED) is 0.810. The van der Waals surface area contributed by atoms with Crippen molar-refractivity contribution in [3.05, 3.63) is 35.6 Å². The highest BCUT2D eigenvalue weighted by Crippen LogP contribution is 2.23. The molecule has 1 amide bonds. The zero-order valence-electron chi connectivity index (χ0n) is 12.7. The standard InChI is InChI=1S/C16H19NO4/c1-10-5-6-13-12(9-20-14(13)7-10)8-15(18)21-11(2)16(19)17(3)4/h5-7,9,11H,8H2,1-4H3/t11-/m0/s1. The zero-order chi connectivity index (χ0) is 15.6. The molecule has 5 nitrogen and oxygen atoms in total. The molecule has 1 heterocycles. The predicted octanol–water partition coefficient (Wildman–Crippen LogP) is 2.30. The monoisotopic (exact) mass is 289 g/mol. The Hall–Kier alpha value is -2.30. The Bertz CT molecular complexity index is 672. The number of amides is 1. The molecule has 2 rings (SSSR count). The molecule has 112 valence electrons. The fraction of sp³-hybridized carbons (Fsp3) is 0.375. The summed E-state index contributed by atoms with van der Waals surface area (Å²) in [4.78, 5) is 25.0. The van der Waals surface area contributed by atoms with Crippen molar-refractivity contribution >= 4 is 22.8 Å². The summed E-state index contributed by atoms with van der Waals surface area (Å²) in [7, 11) is 3.25. The number of rotatable bonds is 4. The number of carbonyl (C=O) groups excluding carboxylic acids is 2. The lowest BCUT2D eigenvalue weighted by molar-refractivity contribution is -0.157. The van der Waals surface area contributed by atoms with E-state index in [1.165, 1.54) is 4.90 Å². The Labute approximate surface area is 123 Å². The van der Waals surface area contributed by atoms with Crippen molar-refractivity contribution in [2.45, 2.75) is 26.4 Å². The molecule has 1 atom stereocenters. The number of hydrogen-bond donors (Lipinski definition) is 0. The van der Waals surface area contributed by atoms with Crippen LogP contribution in [0.1, 0.15) is 18.1 Å². The van der Waals surface area contributed by atoms with Crippen molar-refractivity contribution in [1.29, 1.82) is 0 Å². The fourth-order valence-electron chi connectivity index (χ4n) is 2.14. The summed E-state index contributed by atoms with van der Waals surface area (Å²) in [5, 5.41) is 0.893. The van der Waals surface area contributed by atoms with Crippen molar-refractivity contribution in [1.82, 2.24) is 4.90 Å². The highest BCUT2D eigenvalue weighted by Gasteiger charge is 2.20. The van der Waals surface area contributed by atoms with Crippen molar-refractivity contribution in [2.75, 3.05) is 14.1 Å². The Morgan fingerprint density at radius 3 is 2.71 bits per heavy atom. The molecule has 0 fully saturated rings. The van der Waals surface area contributed by atoms with Crippen molar-refractivity contribution < 1.29 is 18.7 Å². The van der Waals surface area contributed by atoms with Crippen LogP contribution in [0.15, 0.2) is 28.9 Å². The SMILES string of the molecule is Cc1ccc2c(CC(=O)O[C@@H](C)C(=O)N(C)C)coc2c1. The van der Waals surface area contributed by atoms with Crippen LogP contribution in [0.3, 0.4) is 0 Å². The Morgan fingerprint density at radius 2 is 2.05 bits per heavy atom. The molecular formula is C16H19NO4. The van der Waals surface area contributed by atoms with Crippen molar-refractivity contribution in [2.24, 2.45) is 0 Å². The van der Waals surface area contributed by atoms with Gasteiger partial charge in [0.05, 0.1) is 12.7 Å². The van der Waals surface area contributed by atoms with Gasteiger partial charge in [0.25, 0.3) is 5.91 Å². The van der Waals surface area contributed by atoms with Gasteiger partial charge in [-0.3, -0.25) is 9.59 Å². The maximum absolute atomic E-state index is 11.9. The summed E-state index contributed by atoms with van der Waals surface area (Å²) in [6.45, 7) is 3.54. The van der Waals surface area contributed by atoms with E-state index in [4.69, 9.17) is 9.15 Å². The number of carbonyl (C=O) groups is 2. The lowest BCUT2D eigenvalue weighted by Gasteiger charge is -2.17. The summed E-state index contributed by atoms with van der Waals surface area (Å²) in [6, 6.07) is 5.80. The predicted molar refractivity (Wildman–Crippen MR) is 78.9 cm³/mol. The van der Waals surface area contributed by atoms with E-state index < -0.39 is 12.1 Å². The third-order valence-corrected chi connectivity index (χ3v) is 3.24.